The number of ether oxygens (including phenoxy) is 1. The molecule has 0 radical (unpaired) electrons. The average Bonchev–Trinajstić information content (AvgIpc) is 3.41. The first kappa shape index (κ1) is 19.2. The summed E-state index contributed by atoms with van der Waals surface area (Å²) >= 11 is 0. The van der Waals surface area contributed by atoms with Gasteiger partial charge in [0.2, 0.25) is 5.95 Å². The minimum atomic E-state index is -0.160. The maximum absolute atomic E-state index is 12.2. The highest BCUT2D eigenvalue weighted by molar-refractivity contribution is 6.02. The van der Waals surface area contributed by atoms with E-state index in [1.54, 1.807) is 17.8 Å². The summed E-state index contributed by atoms with van der Waals surface area (Å²) in [6, 6.07) is 4.32. The Morgan fingerprint density at radius 2 is 2.12 bits per heavy atom. The summed E-state index contributed by atoms with van der Waals surface area (Å²) in [6.45, 7) is 0.911. The molecule has 2 aliphatic rings. The maximum Gasteiger partial charge on any atom is 0.254 e. The lowest BCUT2D eigenvalue weighted by Crippen LogP contribution is -2.48. The van der Waals surface area contributed by atoms with Gasteiger partial charge in [0.1, 0.15) is 5.65 Å². The predicted molar refractivity (Wildman–Crippen MR) is 121 cm³/mol. The van der Waals surface area contributed by atoms with Gasteiger partial charge in [0.15, 0.2) is 0 Å². The minimum Gasteiger partial charge on any atom is -0.375 e. The van der Waals surface area contributed by atoms with Crippen LogP contribution in [0.4, 0.5) is 5.95 Å². The van der Waals surface area contributed by atoms with Crippen molar-refractivity contribution in [1.82, 2.24) is 29.9 Å². The Bertz CT molecular complexity index is 1310. The van der Waals surface area contributed by atoms with Crippen LogP contribution in [0.1, 0.15) is 42.5 Å². The third-order valence-corrected chi connectivity index (χ3v) is 6.93. The Morgan fingerprint density at radius 3 is 2.88 bits per heavy atom. The molecule has 1 amide bonds. The smallest absolute Gasteiger partial charge is 0.254 e. The minimum absolute atomic E-state index is 0.158. The molecule has 0 aromatic carbocycles. The summed E-state index contributed by atoms with van der Waals surface area (Å²) in [4.78, 5) is 24.7. The number of rotatable bonds is 4. The lowest BCUT2D eigenvalue weighted by molar-refractivity contribution is -0.165. The van der Waals surface area contributed by atoms with Gasteiger partial charge < -0.3 is 20.4 Å². The topological polar surface area (TPSA) is 109 Å². The molecule has 6 rings (SSSR count). The van der Waals surface area contributed by atoms with Gasteiger partial charge >= 0.3 is 0 Å². The molecule has 32 heavy (non-hydrogen) atoms. The van der Waals surface area contributed by atoms with Gasteiger partial charge in [0.05, 0.1) is 29.5 Å². The molecule has 1 aliphatic carbocycles. The fraction of sp³-hybridized carbons (Fsp3) is 0.391. The van der Waals surface area contributed by atoms with Crippen LogP contribution in [0.2, 0.25) is 0 Å². The molecule has 4 aromatic rings. The van der Waals surface area contributed by atoms with Crippen molar-refractivity contribution in [1.29, 1.82) is 0 Å². The van der Waals surface area contributed by atoms with E-state index in [1.807, 2.05) is 30.7 Å². The molecule has 5 heterocycles. The highest BCUT2D eigenvalue weighted by Crippen LogP contribution is 2.41. The standard InChI is InChI=1S/C23H25N7O2/c1-24-21(31)18-13-27-30-8-4-14(10-19(18)30)16-11-25-20-17(16)12-26-22(29-20)28-15-2-5-23(6-3-15)7-9-32-23/h4,8,10-13,15H,2-3,5-7,9H2,1H3,(H,24,31)(H2,25,26,28,29). The normalized spacial score (nSPS) is 22.8. The predicted octanol–water partition coefficient (Wildman–Crippen LogP) is 3.15. The number of amides is 1. The van der Waals surface area contributed by atoms with Gasteiger partial charge in [0.25, 0.3) is 5.91 Å². The molecular formula is C23H25N7O2. The van der Waals surface area contributed by atoms with Gasteiger partial charge in [-0.3, -0.25) is 4.79 Å². The van der Waals surface area contributed by atoms with E-state index in [0.717, 1.165) is 60.0 Å². The van der Waals surface area contributed by atoms with Gasteiger partial charge in [-0.05, 0) is 49.8 Å². The molecule has 4 aromatic heterocycles. The SMILES string of the molecule is CNC(=O)c1cnn2ccc(-c3c[nH]c4nc(NC5CCC6(CCO6)CC5)ncc34)cc12. The Hall–Kier alpha value is -3.46. The fourth-order valence-corrected chi connectivity index (χ4v) is 4.93. The first-order valence-electron chi connectivity index (χ1n) is 11.1. The summed E-state index contributed by atoms with van der Waals surface area (Å²) in [7, 11) is 1.62. The number of hydrogen-bond acceptors (Lipinski definition) is 6. The summed E-state index contributed by atoms with van der Waals surface area (Å²) in [5.74, 6) is 0.488. The Kier molecular flexibility index (Phi) is 4.39. The molecule has 1 spiro atoms. The first-order valence-corrected chi connectivity index (χ1v) is 11.1. The van der Waals surface area contributed by atoms with E-state index in [-0.39, 0.29) is 11.5 Å². The molecule has 164 valence electrons. The number of aromatic nitrogens is 5. The molecule has 1 aliphatic heterocycles. The van der Waals surface area contributed by atoms with Crippen LogP contribution in [-0.4, -0.2) is 55.8 Å². The van der Waals surface area contributed by atoms with Crippen LogP contribution in [0.25, 0.3) is 27.7 Å². The molecule has 3 N–H and O–H groups in total. The van der Waals surface area contributed by atoms with Crippen LogP contribution < -0.4 is 10.6 Å². The summed E-state index contributed by atoms with van der Waals surface area (Å²) < 4.78 is 7.52. The highest BCUT2D eigenvalue weighted by Gasteiger charge is 2.41. The summed E-state index contributed by atoms with van der Waals surface area (Å²) in [5, 5.41) is 11.4. The number of aromatic amines is 1. The molecule has 1 saturated heterocycles. The van der Waals surface area contributed by atoms with Gasteiger partial charge in [-0.1, -0.05) is 0 Å². The number of anilines is 1. The average molecular weight is 432 g/mol. The zero-order valence-corrected chi connectivity index (χ0v) is 17.9. The zero-order valence-electron chi connectivity index (χ0n) is 17.9. The van der Waals surface area contributed by atoms with Crippen molar-refractivity contribution in [2.45, 2.75) is 43.7 Å². The van der Waals surface area contributed by atoms with Gasteiger partial charge in [-0.2, -0.15) is 10.1 Å². The summed E-state index contributed by atoms with van der Waals surface area (Å²) in [6.07, 6.45) is 12.8. The molecule has 0 atom stereocenters. The van der Waals surface area contributed by atoms with E-state index in [0.29, 0.717) is 17.6 Å². The van der Waals surface area contributed by atoms with Crippen LogP contribution in [0.5, 0.6) is 0 Å². The molecule has 9 nitrogen and oxygen atoms in total. The third-order valence-electron chi connectivity index (χ3n) is 6.93. The van der Waals surface area contributed by atoms with Crippen molar-refractivity contribution >= 4 is 28.4 Å². The maximum atomic E-state index is 12.2. The van der Waals surface area contributed by atoms with Crippen molar-refractivity contribution in [2.75, 3.05) is 19.0 Å². The van der Waals surface area contributed by atoms with Crippen molar-refractivity contribution in [2.24, 2.45) is 0 Å². The second-order valence-electron chi connectivity index (χ2n) is 8.74. The number of hydrogen-bond donors (Lipinski definition) is 3. The Labute approximate surface area is 184 Å². The third kappa shape index (κ3) is 3.12. The van der Waals surface area contributed by atoms with E-state index < -0.39 is 0 Å². The molecule has 0 bridgehead atoms. The number of nitrogens with zero attached hydrogens (tertiary/aromatic N) is 4. The monoisotopic (exact) mass is 431 g/mol. The van der Waals surface area contributed by atoms with E-state index in [4.69, 9.17) is 9.72 Å². The van der Waals surface area contributed by atoms with Gasteiger partial charge in [0, 0.05) is 42.6 Å². The summed E-state index contributed by atoms with van der Waals surface area (Å²) in [5.41, 5.74) is 4.19. The van der Waals surface area contributed by atoms with Gasteiger partial charge in [-0.15, -0.1) is 0 Å². The van der Waals surface area contributed by atoms with E-state index >= 15 is 0 Å². The first-order chi connectivity index (χ1) is 15.6. The van der Waals surface area contributed by atoms with E-state index in [2.05, 4.69) is 25.7 Å². The number of pyridine rings is 1. The second-order valence-corrected chi connectivity index (χ2v) is 8.74. The number of fused-ring (bicyclic) bond motifs is 2. The van der Waals surface area contributed by atoms with Crippen LogP contribution in [0, 0.1) is 0 Å². The molecule has 0 unspecified atom stereocenters. The van der Waals surface area contributed by atoms with E-state index in [1.165, 1.54) is 6.42 Å². The van der Waals surface area contributed by atoms with Crippen molar-refractivity contribution in [3.8, 4) is 11.1 Å². The van der Waals surface area contributed by atoms with E-state index in [9.17, 15) is 4.79 Å². The van der Waals surface area contributed by atoms with Crippen LogP contribution in [0.3, 0.4) is 0 Å². The highest BCUT2D eigenvalue weighted by atomic mass is 16.5. The number of H-pyrrole nitrogens is 1. The fourth-order valence-electron chi connectivity index (χ4n) is 4.93. The Balaban J connectivity index is 1.26. The second kappa shape index (κ2) is 7.30. The number of carbonyl (C=O) groups excluding carboxylic acids is 1. The lowest BCUT2D eigenvalue weighted by Gasteiger charge is -2.46. The van der Waals surface area contributed by atoms with Crippen LogP contribution in [-0.2, 0) is 4.74 Å². The zero-order chi connectivity index (χ0) is 21.7. The van der Waals surface area contributed by atoms with Gasteiger partial charge in [-0.25, -0.2) is 9.50 Å². The molecule has 2 fully saturated rings. The van der Waals surface area contributed by atoms with Crippen molar-refractivity contribution < 1.29 is 9.53 Å². The molecular weight excluding hydrogens is 406 g/mol. The van der Waals surface area contributed by atoms with Crippen molar-refractivity contribution in [3.63, 3.8) is 0 Å². The largest absolute Gasteiger partial charge is 0.375 e. The van der Waals surface area contributed by atoms with Crippen LogP contribution in [0.15, 0.2) is 36.9 Å². The van der Waals surface area contributed by atoms with Crippen molar-refractivity contribution in [3.05, 3.63) is 42.5 Å². The number of carbonyl (C=O) groups is 1. The Morgan fingerprint density at radius 1 is 1.28 bits per heavy atom. The molecule has 1 saturated carbocycles. The molecule has 9 heteroatoms. The van der Waals surface area contributed by atoms with Crippen LogP contribution >= 0.6 is 0 Å². The quantitative estimate of drug-likeness (QED) is 0.458. The lowest BCUT2D eigenvalue weighted by atomic mass is 9.77. The number of nitrogens with one attached hydrogen (secondary N) is 3.